The molecule has 4 rings (SSSR count). The summed E-state index contributed by atoms with van der Waals surface area (Å²) in [5.74, 6) is -0.359. The molecule has 7 nitrogen and oxygen atoms in total. The quantitative estimate of drug-likeness (QED) is 0.530. The van der Waals surface area contributed by atoms with E-state index < -0.39 is 11.6 Å². The van der Waals surface area contributed by atoms with Gasteiger partial charge in [0.15, 0.2) is 0 Å². The molecule has 1 saturated heterocycles. The molecule has 0 radical (unpaired) electrons. The highest BCUT2D eigenvalue weighted by atomic mass is 32.2. The lowest BCUT2D eigenvalue weighted by Crippen LogP contribution is -2.31. The number of alkyl halides is 3. The fourth-order valence-corrected chi connectivity index (χ4v) is 4.38. The number of benzene rings is 2. The molecule has 31 heavy (non-hydrogen) atoms. The minimum atomic E-state index is -4.77. The first-order valence-corrected chi connectivity index (χ1v) is 10.4. The average molecular weight is 449 g/mol. The summed E-state index contributed by atoms with van der Waals surface area (Å²) in [7, 11) is 0. The molecule has 2 heterocycles. The molecule has 0 N–H and O–H groups in total. The van der Waals surface area contributed by atoms with Crippen LogP contribution in [0.25, 0.3) is 5.69 Å². The lowest BCUT2D eigenvalue weighted by molar-refractivity contribution is -0.274. The number of hydrogen-bond acceptors (Lipinski definition) is 6. The van der Waals surface area contributed by atoms with Gasteiger partial charge in [0.1, 0.15) is 11.0 Å². The van der Waals surface area contributed by atoms with Crippen LogP contribution in [-0.4, -0.2) is 50.5 Å². The Morgan fingerprint density at radius 3 is 2.35 bits per heavy atom. The molecule has 2 aromatic carbocycles. The zero-order valence-corrected chi connectivity index (χ0v) is 17.0. The number of ether oxygens (including phenoxy) is 1. The van der Waals surface area contributed by atoms with Gasteiger partial charge in [-0.15, -0.1) is 18.3 Å². The lowest BCUT2D eigenvalue weighted by Gasteiger charge is -2.22. The molecule has 0 saturated carbocycles. The largest absolute Gasteiger partial charge is 0.573 e. The Labute approximate surface area is 180 Å². The van der Waals surface area contributed by atoms with Gasteiger partial charge in [-0.2, -0.15) is 4.68 Å². The second kappa shape index (κ2) is 8.96. The summed E-state index contributed by atoms with van der Waals surface area (Å²) in [6.07, 6.45) is -2.82. The van der Waals surface area contributed by atoms with E-state index in [2.05, 4.69) is 20.3 Å². The van der Waals surface area contributed by atoms with Crippen molar-refractivity contribution in [3.63, 3.8) is 0 Å². The van der Waals surface area contributed by atoms with E-state index in [-0.39, 0.29) is 11.7 Å². The van der Waals surface area contributed by atoms with Crippen LogP contribution in [0.1, 0.15) is 23.7 Å². The first kappa shape index (κ1) is 21.2. The van der Waals surface area contributed by atoms with Crippen LogP contribution in [0.5, 0.6) is 5.75 Å². The normalized spacial score (nSPS) is 15.1. The summed E-state index contributed by atoms with van der Waals surface area (Å²) in [4.78, 5) is 15.0. The number of aromatic nitrogens is 4. The van der Waals surface area contributed by atoms with Gasteiger partial charge in [0.05, 0.1) is 5.69 Å². The maximum atomic E-state index is 13.2. The van der Waals surface area contributed by atoms with Crippen LogP contribution in [0.2, 0.25) is 0 Å². The number of halogens is 3. The molecule has 1 fully saturated rings. The first-order chi connectivity index (χ1) is 14.9. The van der Waals surface area contributed by atoms with Crippen LogP contribution in [-0.2, 0) is 4.79 Å². The predicted molar refractivity (Wildman–Crippen MR) is 107 cm³/mol. The monoisotopic (exact) mass is 449 g/mol. The van der Waals surface area contributed by atoms with Crippen molar-refractivity contribution in [2.45, 2.75) is 29.6 Å². The van der Waals surface area contributed by atoms with E-state index in [1.807, 2.05) is 35.2 Å². The number of rotatable bonds is 6. The number of carbonyl (C=O) groups excluding carboxylic acids is 1. The first-order valence-electron chi connectivity index (χ1n) is 9.56. The highest BCUT2D eigenvalue weighted by molar-refractivity contribution is 8.00. The second-order valence-electron chi connectivity index (χ2n) is 6.86. The molecule has 3 aromatic rings. The summed E-state index contributed by atoms with van der Waals surface area (Å²) < 4.78 is 42.4. The van der Waals surface area contributed by atoms with Crippen molar-refractivity contribution >= 4 is 17.7 Å². The third-order valence-electron chi connectivity index (χ3n) is 4.72. The van der Waals surface area contributed by atoms with Crippen molar-refractivity contribution in [3.8, 4) is 11.4 Å². The minimum absolute atomic E-state index is 0.0165. The van der Waals surface area contributed by atoms with Gasteiger partial charge in [0, 0.05) is 13.1 Å². The number of amides is 1. The number of nitrogens with zero attached hydrogens (tertiary/aromatic N) is 5. The van der Waals surface area contributed by atoms with E-state index in [0.29, 0.717) is 23.9 Å². The molecule has 0 unspecified atom stereocenters. The van der Waals surface area contributed by atoms with Gasteiger partial charge in [-0.25, -0.2) is 0 Å². The summed E-state index contributed by atoms with van der Waals surface area (Å²) in [5, 5.41) is 11.5. The van der Waals surface area contributed by atoms with Gasteiger partial charge in [0.25, 0.3) is 0 Å². The Balaban J connectivity index is 1.59. The molecular weight excluding hydrogens is 431 g/mol. The molecule has 0 bridgehead atoms. The predicted octanol–water partition coefficient (Wildman–Crippen LogP) is 4.02. The van der Waals surface area contributed by atoms with E-state index in [4.69, 9.17) is 0 Å². The summed E-state index contributed by atoms with van der Waals surface area (Å²) in [5.41, 5.74) is 1.27. The highest BCUT2D eigenvalue weighted by Crippen LogP contribution is 2.37. The van der Waals surface area contributed by atoms with Crippen molar-refractivity contribution in [2.24, 2.45) is 0 Å². The van der Waals surface area contributed by atoms with Crippen molar-refractivity contribution in [3.05, 3.63) is 60.2 Å². The van der Waals surface area contributed by atoms with Crippen molar-refractivity contribution < 1.29 is 22.7 Å². The van der Waals surface area contributed by atoms with Crippen LogP contribution >= 0.6 is 11.8 Å². The van der Waals surface area contributed by atoms with Crippen LogP contribution in [0, 0.1) is 0 Å². The van der Waals surface area contributed by atoms with Crippen LogP contribution in [0.15, 0.2) is 59.8 Å². The lowest BCUT2D eigenvalue weighted by atomic mass is 10.1. The summed E-state index contributed by atoms with van der Waals surface area (Å²) >= 11 is 1.20. The van der Waals surface area contributed by atoms with Crippen LogP contribution < -0.4 is 4.74 Å². The average Bonchev–Trinajstić information content (AvgIpc) is 3.44. The Bertz CT molecular complexity index is 1020. The van der Waals surface area contributed by atoms with Gasteiger partial charge >= 0.3 is 6.36 Å². The van der Waals surface area contributed by atoms with Crippen LogP contribution in [0.3, 0.4) is 0 Å². The molecule has 0 aliphatic carbocycles. The Hall–Kier alpha value is -3.08. The Morgan fingerprint density at radius 2 is 1.71 bits per heavy atom. The van der Waals surface area contributed by atoms with Gasteiger partial charge in [-0.05, 0) is 53.1 Å². The molecule has 0 spiro atoms. The number of thioether (sulfide) groups is 1. The number of likely N-dealkylation sites (tertiary alicyclic amines) is 1. The smallest absolute Gasteiger partial charge is 0.406 e. The molecule has 1 amide bonds. The van der Waals surface area contributed by atoms with Crippen LogP contribution in [0.4, 0.5) is 13.2 Å². The number of carbonyl (C=O) groups is 1. The van der Waals surface area contributed by atoms with E-state index in [1.165, 1.54) is 40.7 Å². The van der Waals surface area contributed by atoms with Crippen molar-refractivity contribution in [1.29, 1.82) is 0 Å². The standard InChI is InChI=1S/C20H18F3N5O2S/c21-20(22,23)30-16-10-8-15(9-11-16)28-19(24-25-26-28)31-17(14-6-2-1-3-7-14)18(29)27-12-4-5-13-27/h1-3,6-11,17H,4-5,12-13H2/t17-/m1/s1. The third kappa shape index (κ3) is 5.16. The Morgan fingerprint density at radius 1 is 1.03 bits per heavy atom. The maximum absolute atomic E-state index is 13.2. The minimum Gasteiger partial charge on any atom is -0.406 e. The van der Waals surface area contributed by atoms with Crippen molar-refractivity contribution in [1.82, 2.24) is 25.1 Å². The topological polar surface area (TPSA) is 73.1 Å². The third-order valence-corrected chi connectivity index (χ3v) is 5.90. The van der Waals surface area contributed by atoms with Gasteiger partial charge < -0.3 is 9.64 Å². The molecule has 1 aliphatic rings. The Kier molecular flexibility index (Phi) is 6.12. The molecule has 1 atom stereocenters. The SMILES string of the molecule is O=C([C@H](Sc1nnnn1-c1ccc(OC(F)(F)F)cc1)c1ccccc1)N1CCCC1. The van der Waals surface area contributed by atoms with Gasteiger partial charge in [-0.1, -0.05) is 42.1 Å². The number of tetrazole rings is 1. The van der Waals surface area contributed by atoms with E-state index in [0.717, 1.165) is 18.4 Å². The molecular formula is C20H18F3N5O2S. The number of hydrogen-bond donors (Lipinski definition) is 0. The van der Waals surface area contributed by atoms with Gasteiger partial charge in [-0.3, -0.25) is 4.79 Å². The molecule has 11 heteroatoms. The second-order valence-corrected chi connectivity index (χ2v) is 7.93. The fraction of sp³-hybridized carbons (Fsp3) is 0.300. The highest BCUT2D eigenvalue weighted by Gasteiger charge is 2.32. The van der Waals surface area contributed by atoms with Crippen molar-refractivity contribution in [2.75, 3.05) is 13.1 Å². The summed E-state index contributed by atoms with van der Waals surface area (Å²) in [6.45, 7) is 1.43. The van der Waals surface area contributed by atoms with E-state index >= 15 is 0 Å². The maximum Gasteiger partial charge on any atom is 0.573 e. The van der Waals surface area contributed by atoms with Gasteiger partial charge in [0.2, 0.25) is 11.1 Å². The molecule has 1 aromatic heterocycles. The van der Waals surface area contributed by atoms with E-state index in [1.54, 1.807) is 0 Å². The summed E-state index contributed by atoms with van der Waals surface area (Å²) in [6, 6.07) is 14.6. The molecule has 1 aliphatic heterocycles. The fourth-order valence-electron chi connectivity index (χ4n) is 3.30. The molecule has 162 valence electrons. The van der Waals surface area contributed by atoms with E-state index in [9.17, 15) is 18.0 Å². The zero-order valence-electron chi connectivity index (χ0n) is 16.2. The zero-order chi connectivity index (χ0) is 21.8.